The average Bonchev–Trinajstić information content (AvgIpc) is 2.83. The molecule has 0 saturated carbocycles. The molecule has 1 N–H and O–H groups in total. The number of nitrogens with one attached hydrogen (secondary N) is 1. The fourth-order valence-electron chi connectivity index (χ4n) is 3.20. The average molecular weight is 567 g/mol. The molecule has 0 heterocycles. The number of sulfonamides is 1. The quantitative estimate of drug-likeness (QED) is 0.422. The zero-order valence-electron chi connectivity index (χ0n) is 20.0. The number of nitriles is 1. The minimum absolute atomic E-state index is 0.0159. The van der Waals surface area contributed by atoms with Crippen LogP contribution in [0.15, 0.2) is 76.5 Å². The summed E-state index contributed by atoms with van der Waals surface area (Å²) in [6, 6.07) is 14.9. The third kappa shape index (κ3) is 6.70. The number of amides is 1. The third-order valence-corrected chi connectivity index (χ3v) is 8.72. The molecule has 0 fully saturated rings. The maximum atomic E-state index is 13.5. The second kappa shape index (κ2) is 10.8. The molecule has 0 aliphatic carbocycles. The van der Waals surface area contributed by atoms with Gasteiger partial charge < -0.3 is 4.74 Å². The second-order valence-corrected chi connectivity index (χ2v) is 12.5. The van der Waals surface area contributed by atoms with E-state index in [9.17, 15) is 40.1 Å². The van der Waals surface area contributed by atoms with Crippen LogP contribution in [-0.4, -0.2) is 28.0 Å². The molecule has 0 aliphatic rings. The van der Waals surface area contributed by atoms with Crippen LogP contribution in [0.5, 0.6) is 11.5 Å². The summed E-state index contributed by atoms with van der Waals surface area (Å²) in [4.78, 5) is 12.0. The summed E-state index contributed by atoms with van der Waals surface area (Å²) in [6.45, 7) is 2.66. The van der Waals surface area contributed by atoms with Crippen LogP contribution in [0.2, 0.25) is 0 Å². The molecule has 1 amide bonds. The van der Waals surface area contributed by atoms with Gasteiger partial charge in [-0.3, -0.25) is 9.52 Å². The molecule has 0 spiro atoms. The first-order chi connectivity index (χ1) is 17.6. The Morgan fingerprint density at radius 3 is 2.21 bits per heavy atom. The first-order valence-corrected chi connectivity index (χ1v) is 13.9. The SMILES string of the molecule is CC(C)S(=O)(=O)NC(=O)Cc1cc(Oc2ccc(S(=O)(=O)c3ccccc3)cc2C#N)cc(C(F)(F)F)c1. The lowest BCUT2D eigenvalue weighted by atomic mass is 10.1. The number of rotatable bonds is 8. The molecule has 0 atom stereocenters. The van der Waals surface area contributed by atoms with Crippen LogP contribution in [0.3, 0.4) is 0 Å². The fraction of sp³-hybridized carbons (Fsp3) is 0.200. The molecular weight excluding hydrogens is 545 g/mol. The minimum atomic E-state index is -4.83. The molecule has 8 nitrogen and oxygen atoms in total. The van der Waals surface area contributed by atoms with Gasteiger partial charge in [-0.05, 0) is 67.9 Å². The highest BCUT2D eigenvalue weighted by Gasteiger charge is 2.32. The Balaban J connectivity index is 1.96. The van der Waals surface area contributed by atoms with E-state index in [4.69, 9.17) is 4.74 Å². The van der Waals surface area contributed by atoms with Crippen LogP contribution >= 0.6 is 0 Å². The van der Waals surface area contributed by atoms with Crippen molar-refractivity contribution >= 4 is 25.8 Å². The Morgan fingerprint density at radius 2 is 1.63 bits per heavy atom. The number of hydrogen-bond acceptors (Lipinski definition) is 7. The maximum absolute atomic E-state index is 13.5. The van der Waals surface area contributed by atoms with Crippen molar-refractivity contribution in [3.63, 3.8) is 0 Å². The number of carbonyl (C=O) groups is 1. The molecule has 0 bridgehead atoms. The molecule has 13 heteroatoms. The van der Waals surface area contributed by atoms with Crippen molar-refractivity contribution in [3.8, 4) is 17.6 Å². The van der Waals surface area contributed by atoms with Gasteiger partial charge >= 0.3 is 6.18 Å². The molecule has 0 unspecified atom stereocenters. The molecule has 200 valence electrons. The summed E-state index contributed by atoms with van der Waals surface area (Å²) in [5, 5.41) is 8.61. The van der Waals surface area contributed by atoms with Gasteiger partial charge in [0, 0.05) is 0 Å². The number of hydrogen-bond donors (Lipinski definition) is 1. The van der Waals surface area contributed by atoms with Crippen molar-refractivity contribution in [1.82, 2.24) is 4.72 Å². The lowest BCUT2D eigenvalue weighted by Gasteiger charge is -2.15. The molecule has 0 aromatic heterocycles. The first kappa shape index (κ1) is 28.7. The van der Waals surface area contributed by atoms with Crippen molar-refractivity contribution in [2.24, 2.45) is 0 Å². The van der Waals surface area contributed by atoms with E-state index in [2.05, 4.69) is 0 Å². The molecule has 3 aromatic carbocycles. The summed E-state index contributed by atoms with van der Waals surface area (Å²) >= 11 is 0. The smallest absolute Gasteiger partial charge is 0.416 e. The monoisotopic (exact) mass is 566 g/mol. The predicted octanol–water partition coefficient (Wildman–Crippen LogP) is 4.60. The van der Waals surface area contributed by atoms with E-state index in [1.165, 1.54) is 38.1 Å². The summed E-state index contributed by atoms with van der Waals surface area (Å²) in [7, 11) is -7.98. The Morgan fingerprint density at radius 1 is 0.974 bits per heavy atom. The van der Waals surface area contributed by atoms with Gasteiger partial charge in [0.2, 0.25) is 25.8 Å². The molecule has 0 radical (unpaired) electrons. The van der Waals surface area contributed by atoms with Gasteiger partial charge in [-0.25, -0.2) is 16.8 Å². The Labute approximate surface area is 217 Å². The Bertz CT molecular complexity index is 1610. The van der Waals surface area contributed by atoms with Crippen molar-refractivity contribution in [2.45, 2.75) is 41.5 Å². The van der Waals surface area contributed by atoms with E-state index in [0.29, 0.717) is 12.1 Å². The number of carbonyl (C=O) groups excluding carboxylic acids is 1. The summed E-state index contributed by atoms with van der Waals surface area (Å²) in [6.07, 6.45) is -5.54. The second-order valence-electron chi connectivity index (χ2n) is 8.35. The van der Waals surface area contributed by atoms with Gasteiger partial charge in [0.15, 0.2) is 0 Å². The zero-order chi connectivity index (χ0) is 28.3. The van der Waals surface area contributed by atoms with Crippen LogP contribution in [0, 0.1) is 11.3 Å². The van der Waals surface area contributed by atoms with Crippen LogP contribution in [0.25, 0.3) is 0 Å². The van der Waals surface area contributed by atoms with E-state index < -0.39 is 54.9 Å². The van der Waals surface area contributed by atoms with Crippen LogP contribution < -0.4 is 9.46 Å². The van der Waals surface area contributed by atoms with Gasteiger partial charge in [0.25, 0.3) is 0 Å². The number of nitrogens with zero attached hydrogens (tertiary/aromatic N) is 1. The highest BCUT2D eigenvalue weighted by molar-refractivity contribution is 7.91. The number of ether oxygens (including phenoxy) is 1. The van der Waals surface area contributed by atoms with Gasteiger partial charge in [-0.1, -0.05) is 18.2 Å². The predicted molar refractivity (Wildman–Crippen MR) is 130 cm³/mol. The largest absolute Gasteiger partial charge is 0.456 e. The molecular formula is C25H21F3N2O6S2. The normalized spacial score (nSPS) is 12.1. The molecule has 0 saturated heterocycles. The topological polar surface area (TPSA) is 130 Å². The number of sulfone groups is 1. The van der Waals surface area contributed by atoms with Crippen LogP contribution in [-0.2, 0) is 37.3 Å². The summed E-state index contributed by atoms with van der Waals surface area (Å²) in [5.41, 5.74) is -1.64. The number of halogens is 3. The zero-order valence-corrected chi connectivity index (χ0v) is 21.6. The lowest BCUT2D eigenvalue weighted by molar-refractivity contribution is -0.137. The minimum Gasteiger partial charge on any atom is -0.456 e. The van der Waals surface area contributed by atoms with Crippen molar-refractivity contribution in [2.75, 3.05) is 0 Å². The van der Waals surface area contributed by atoms with Crippen LogP contribution in [0.1, 0.15) is 30.5 Å². The highest BCUT2D eigenvalue weighted by Crippen LogP contribution is 2.35. The van der Waals surface area contributed by atoms with E-state index in [1.807, 2.05) is 0 Å². The Kier molecular flexibility index (Phi) is 8.18. The van der Waals surface area contributed by atoms with E-state index >= 15 is 0 Å². The van der Waals surface area contributed by atoms with Gasteiger partial charge in [-0.2, -0.15) is 18.4 Å². The van der Waals surface area contributed by atoms with Gasteiger partial charge in [0.1, 0.15) is 17.6 Å². The van der Waals surface area contributed by atoms with Crippen LogP contribution in [0.4, 0.5) is 13.2 Å². The van der Waals surface area contributed by atoms with Crippen molar-refractivity contribution in [1.29, 1.82) is 5.26 Å². The lowest BCUT2D eigenvalue weighted by Crippen LogP contribution is -2.36. The standard InChI is InChI=1S/C25H21F3N2O6S2/c1-16(2)38(34,35)30-24(31)12-17-10-19(25(26,27)28)14-20(11-17)36-23-9-8-22(13-18(23)15-29)37(32,33)21-6-4-3-5-7-21/h3-11,13-14,16H,12H2,1-2H3,(H,30,31). The number of benzene rings is 3. The summed E-state index contributed by atoms with van der Waals surface area (Å²) in [5.74, 6) is -1.67. The molecule has 0 aliphatic heterocycles. The fourth-order valence-corrected chi connectivity index (χ4v) is 5.13. The van der Waals surface area contributed by atoms with E-state index in [0.717, 1.165) is 24.3 Å². The highest BCUT2D eigenvalue weighted by atomic mass is 32.2. The Hall–Kier alpha value is -3.89. The molecule has 3 rings (SSSR count). The van der Waals surface area contributed by atoms with Gasteiger partial charge in [-0.15, -0.1) is 0 Å². The van der Waals surface area contributed by atoms with Gasteiger partial charge in [0.05, 0.1) is 32.6 Å². The first-order valence-electron chi connectivity index (χ1n) is 10.9. The van der Waals surface area contributed by atoms with E-state index in [1.54, 1.807) is 16.9 Å². The summed E-state index contributed by atoms with van der Waals surface area (Å²) < 4.78 is 97.4. The van der Waals surface area contributed by atoms with E-state index in [-0.39, 0.29) is 26.7 Å². The van der Waals surface area contributed by atoms with Crippen molar-refractivity contribution < 1.29 is 39.5 Å². The number of alkyl halides is 3. The van der Waals surface area contributed by atoms with Crippen molar-refractivity contribution in [3.05, 3.63) is 83.4 Å². The molecule has 3 aromatic rings. The maximum Gasteiger partial charge on any atom is 0.416 e. The molecule has 38 heavy (non-hydrogen) atoms. The third-order valence-electron chi connectivity index (χ3n) is 5.20.